The topological polar surface area (TPSA) is 69.0 Å². The fraction of sp³-hybridized carbons (Fsp3) is 0.381. The summed E-state index contributed by atoms with van der Waals surface area (Å²) >= 11 is 0. The van der Waals surface area contributed by atoms with Crippen molar-refractivity contribution >= 4 is 17.1 Å². The zero-order valence-electron chi connectivity index (χ0n) is 15.9. The largest absolute Gasteiger partial charge is 0.383 e. The summed E-state index contributed by atoms with van der Waals surface area (Å²) < 4.78 is 7.29. The predicted octanol–water partition coefficient (Wildman–Crippen LogP) is 3.03. The summed E-state index contributed by atoms with van der Waals surface area (Å²) in [6.45, 7) is 3.93. The van der Waals surface area contributed by atoms with Crippen LogP contribution in [0.2, 0.25) is 0 Å². The van der Waals surface area contributed by atoms with Gasteiger partial charge in [-0.25, -0.2) is 9.97 Å². The molecule has 0 saturated heterocycles. The van der Waals surface area contributed by atoms with Crippen molar-refractivity contribution in [3.8, 4) is 0 Å². The number of rotatable bonds is 9. The van der Waals surface area contributed by atoms with E-state index in [2.05, 4.69) is 38.9 Å². The fourth-order valence-corrected chi connectivity index (χ4v) is 3.02. The van der Waals surface area contributed by atoms with Crippen LogP contribution in [0, 0.1) is 6.92 Å². The number of pyridine rings is 1. The van der Waals surface area contributed by atoms with E-state index in [-0.39, 0.29) is 5.91 Å². The molecule has 0 aliphatic carbocycles. The number of imidazole rings is 1. The molecular weight excluding hydrogens is 340 g/mol. The molecule has 6 nitrogen and oxygen atoms in total. The summed E-state index contributed by atoms with van der Waals surface area (Å²) in [5.74, 6) is 1.01. The SMILES string of the molecule is COCCn1c(CCCC(=O)NCc2ccc(C)cc2)nc2cccnc21. The molecule has 1 aromatic carbocycles. The number of carbonyl (C=O) groups is 1. The Kier molecular flexibility index (Phi) is 6.54. The van der Waals surface area contributed by atoms with E-state index in [9.17, 15) is 4.79 Å². The molecule has 6 heteroatoms. The third-order valence-electron chi connectivity index (χ3n) is 4.52. The smallest absolute Gasteiger partial charge is 0.220 e. The van der Waals surface area contributed by atoms with E-state index in [1.165, 1.54) is 5.56 Å². The minimum Gasteiger partial charge on any atom is -0.383 e. The summed E-state index contributed by atoms with van der Waals surface area (Å²) in [5, 5.41) is 2.98. The summed E-state index contributed by atoms with van der Waals surface area (Å²) in [4.78, 5) is 21.2. The van der Waals surface area contributed by atoms with Crippen LogP contribution in [0.4, 0.5) is 0 Å². The van der Waals surface area contributed by atoms with Gasteiger partial charge in [0.05, 0.1) is 6.61 Å². The molecule has 0 unspecified atom stereocenters. The average molecular weight is 366 g/mol. The van der Waals surface area contributed by atoms with Crippen LogP contribution in [0.3, 0.4) is 0 Å². The molecule has 0 radical (unpaired) electrons. The molecule has 1 amide bonds. The van der Waals surface area contributed by atoms with E-state index in [1.54, 1.807) is 13.3 Å². The Hall–Kier alpha value is -2.73. The predicted molar refractivity (Wildman–Crippen MR) is 105 cm³/mol. The Labute approximate surface area is 159 Å². The monoisotopic (exact) mass is 366 g/mol. The highest BCUT2D eigenvalue weighted by Gasteiger charge is 2.12. The third-order valence-corrected chi connectivity index (χ3v) is 4.52. The number of aromatic nitrogens is 3. The molecule has 3 aromatic rings. The Morgan fingerprint density at radius 1 is 1.22 bits per heavy atom. The minimum absolute atomic E-state index is 0.0632. The molecule has 0 aliphatic heterocycles. The summed E-state index contributed by atoms with van der Waals surface area (Å²) in [7, 11) is 1.69. The number of amides is 1. The Morgan fingerprint density at radius 2 is 2.04 bits per heavy atom. The zero-order valence-corrected chi connectivity index (χ0v) is 15.9. The Balaban J connectivity index is 1.53. The molecule has 142 valence electrons. The maximum absolute atomic E-state index is 12.1. The molecule has 0 atom stereocenters. The van der Waals surface area contributed by atoms with Gasteiger partial charge in [0.2, 0.25) is 5.91 Å². The molecule has 27 heavy (non-hydrogen) atoms. The lowest BCUT2D eigenvalue weighted by atomic mass is 10.1. The molecular formula is C21H26N4O2. The number of hydrogen-bond donors (Lipinski definition) is 1. The van der Waals surface area contributed by atoms with Crippen molar-refractivity contribution in [2.75, 3.05) is 13.7 Å². The number of nitrogens with zero attached hydrogens (tertiary/aromatic N) is 3. The van der Waals surface area contributed by atoms with Gasteiger partial charge in [-0.3, -0.25) is 4.79 Å². The quantitative estimate of drug-likeness (QED) is 0.632. The third kappa shape index (κ3) is 5.14. The molecule has 0 fully saturated rings. The minimum atomic E-state index is 0.0632. The highest BCUT2D eigenvalue weighted by Crippen LogP contribution is 2.15. The normalized spacial score (nSPS) is 11.0. The van der Waals surface area contributed by atoms with Gasteiger partial charge in [0.15, 0.2) is 5.65 Å². The maximum atomic E-state index is 12.1. The summed E-state index contributed by atoms with van der Waals surface area (Å²) in [6, 6.07) is 12.0. The first kappa shape index (κ1) is 19.0. The standard InChI is InChI=1S/C21H26N4O2/c1-16-8-10-17(11-9-16)15-23-20(26)7-3-6-19-24-18-5-4-12-22-21(18)25(19)13-14-27-2/h4-5,8-12H,3,6-7,13-15H2,1-2H3,(H,23,26). The summed E-state index contributed by atoms with van der Waals surface area (Å²) in [6.07, 6.45) is 3.73. The van der Waals surface area contributed by atoms with Gasteiger partial charge in [0.25, 0.3) is 0 Å². The number of nitrogens with one attached hydrogen (secondary N) is 1. The second kappa shape index (κ2) is 9.28. The van der Waals surface area contributed by atoms with Crippen LogP contribution in [-0.4, -0.2) is 34.2 Å². The van der Waals surface area contributed by atoms with E-state index in [0.29, 0.717) is 26.1 Å². The first-order valence-corrected chi connectivity index (χ1v) is 9.28. The van der Waals surface area contributed by atoms with Crippen LogP contribution >= 0.6 is 0 Å². The highest BCUT2D eigenvalue weighted by molar-refractivity contribution is 5.76. The number of hydrogen-bond acceptors (Lipinski definition) is 4. The van der Waals surface area contributed by atoms with Gasteiger partial charge < -0.3 is 14.6 Å². The molecule has 3 rings (SSSR count). The van der Waals surface area contributed by atoms with E-state index in [0.717, 1.165) is 35.4 Å². The van der Waals surface area contributed by atoms with Crippen LogP contribution in [0.15, 0.2) is 42.6 Å². The van der Waals surface area contributed by atoms with Gasteiger partial charge in [-0.15, -0.1) is 0 Å². The first-order chi connectivity index (χ1) is 13.2. The number of carbonyl (C=O) groups excluding carboxylic acids is 1. The fourth-order valence-electron chi connectivity index (χ4n) is 3.02. The second-order valence-corrected chi connectivity index (χ2v) is 6.63. The van der Waals surface area contributed by atoms with Crippen molar-refractivity contribution in [1.29, 1.82) is 0 Å². The molecule has 0 saturated carbocycles. The van der Waals surface area contributed by atoms with Crippen molar-refractivity contribution in [3.63, 3.8) is 0 Å². The number of aryl methyl sites for hydroxylation is 2. The lowest BCUT2D eigenvalue weighted by Crippen LogP contribution is -2.22. The van der Waals surface area contributed by atoms with Crippen molar-refractivity contribution in [2.24, 2.45) is 0 Å². The van der Waals surface area contributed by atoms with Crippen molar-refractivity contribution in [2.45, 2.75) is 39.3 Å². The van der Waals surface area contributed by atoms with Gasteiger partial charge in [-0.05, 0) is 31.0 Å². The van der Waals surface area contributed by atoms with Crippen molar-refractivity contribution in [1.82, 2.24) is 19.9 Å². The van der Waals surface area contributed by atoms with E-state index >= 15 is 0 Å². The van der Waals surface area contributed by atoms with Gasteiger partial charge >= 0.3 is 0 Å². The van der Waals surface area contributed by atoms with Gasteiger partial charge in [-0.2, -0.15) is 0 Å². The Morgan fingerprint density at radius 3 is 2.81 bits per heavy atom. The maximum Gasteiger partial charge on any atom is 0.220 e. The number of fused-ring (bicyclic) bond motifs is 1. The summed E-state index contributed by atoms with van der Waals surface area (Å²) in [5.41, 5.74) is 4.08. The molecule has 0 spiro atoms. The van der Waals surface area contributed by atoms with Crippen molar-refractivity contribution in [3.05, 3.63) is 59.5 Å². The van der Waals surface area contributed by atoms with Crippen LogP contribution in [-0.2, 0) is 29.0 Å². The van der Waals surface area contributed by atoms with E-state index in [1.807, 2.05) is 24.3 Å². The lowest BCUT2D eigenvalue weighted by Gasteiger charge is -2.08. The van der Waals surface area contributed by atoms with Gasteiger partial charge in [0, 0.05) is 39.2 Å². The van der Waals surface area contributed by atoms with Crippen LogP contribution in [0.1, 0.15) is 29.8 Å². The Bertz CT molecular complexity index is 887. The average Bonchev–Trinajstić information content (AvgIpc) is 3.03. The molecule has 1 N–H and O–H groups in total. The van der Waals surface area contributed by atoms with E-state index < -0.39 is 0 Å². The molecule has 2 heterocycles. The highest BCUT2D eigenvalue weighted by atomic mass is 16.5. The molecule has 0 bridgehead atoms. The molecule has 2 aromatic heterocycles. The first-order valence-electron chi connectivity index (χ1n) is 9.28. The number of benzene rings is 1. The van der Waals surface area contributed by atoms with Gasteiger partial charge in [0.1, 0.15) is 11.3 Å². The van der Waals surface area contributed by atoms with Crippen molar-refractivity contribution < 1.29 is 9.53 Å². The van der Waals surface area contributed by atoms with Crippen LogP contribution in [0.25, 0.3) is 11.2 Å². The number of ether oxygens (including phenoxy) is 1. The van der Waals surface area contributed by atoms with E-state index in [4.69, 9.17) is 4.74 Å². The number of methoxy groups -OCH3 is 1. The zero-order chi connectivity index (χ0) is 19.1. The van der Waals surface area contributed by atoms with Gasteiger partial charge in [-0.1, -0.05) is 29.8 Å². The lowest BCUT2D eigenvalue weighted by molar-refractivity contribution is -0.121. The molecule has 0 aliphatic rings. The van der Waals surface area contributed by atoms with Crippen LogP contribution in [0.5, 0.6) is 0 Å². The van der Waals surface area contributed by atoms with Crippen LogP contribution < -0.4 is 5.32 Å². The second-order valence-electron chi connectivity index (χ2n) is 6.63.